The molecule has 1 atom stereocenters. The van der Waals surface area contributed by atoms with Crippen molar-refractivity contribution in [3.63, 3.8) is 0 Å². The number of rotatable bonds is 6. The molecule has 4 aromatic carbocycles. The summed E-state index contributed by atoms with van der Waals surface area (Å²) in [7, 11) is 0. The van der Waals surface area contributed by atoms with Crippen LogP contribution < -0.4 is 14.9 Å². The molecule has 0 amide bonds. The van der Waals surface area contributed by atoms with E-state index >= 15 is 0 Å². The second-order valence-corrected chi connectivity index (χ2v) is 12.1. The van der Waals surface area contributed by atoms with Gasteiger partial charge < -0.3 is 9.30 Å². The first-order chi connectivity index (χ1) is 21.4. The van der Waals surface area contributed by atoms with Crippen LogP contribution in [-0.4, -0.2) is 21.7 Å². The number of carbonyl (C=O) groups excluding carboxylic acids is 1. The van der Waals surface area contributed by atoms with E-state index in [0.717, 1.165) is 27.6 Å². The topological polar surface area (TPSA) is 65.6 Å². The molecular weight excluding hydrogens is 566 g/mol. The van der Waals surface area contributed by atoms with Crippen LogP contribution >= 0.6 is 11.3 Å². The number of ether oxygens (including phenoxy) is 1. The highest BCUT2D eigenvalue weighted by atomic mass is 32.1. The van der Waals surface area contributed by atoms with Crippen molar-refractivity contribution in [2.24, 2.45) is 4.99 Å². The summed E-state index contributed by atoms with van der Waals surface area (Å²) in [4.78, 5) is 32.7. The van der Waals surface area contributed by atoms with E-state index in [-0.39, 0.29) is 12.2 Å². The lowest BCUT2D eigenvalue weighted by Gasteiger charge is -2.24. The molecule has 3 heterocycles. The van der Waals surface area contributed by atoms with Crippen LogP contribution in [0, 0.1) is 6.92 Å². The molecule has 7 heteroatoms. The first-order valence-electron chi connectivity index (χ1n) is 14.7. The van der Waals surface area contributed by atoms with Gasteiger partial charge in [-0.3, -0.25) is 9.36 Å². The van der Waals surface area contributed by atoms with E-state index in [9.17, 15) is 9.59 Å². The molecule has 7 rings (SSSR count). The predicted molar refractivity (Wildman–Crippen MR) is 177 cm³/mol. The van der Waals surface area contributed by atoms with Crippen LogP contribution in [0.1, 0.15) is 42.1 Å². The number of allylic oxidation sites excluding steroid dienone is 1. The summed E-state index contributed by atoms with van der Waals surface area (Å²) >= 11 is 1.35. The van der Waals surface area contributed by atoms with Gasteiger partial charge in [0.05, 0.1) is 28.5 Å². The Morgan fingerprint density at radius 3 is 2.45 bits per heavy atom. The molecule has 6 aromatic rings. The molecule has 0 bridgehead atoms. The van der Waals surface area contributed by atoms with Crippen LogP contribution in [0.4, 0.5) is 0 Å². The van der Waals surface area contributed by atoms with Crippen LogP contribution in [0.3, 0.4) is 0 Å². The Hall–Kier alpha value is -5.01. The Morgan fingerprint density at radius 1 is 0.932 bits per heavy atom. The Morgan fingerprint density at radius 2 is 1.66 bits per heavy atom. The highest BCUT2D eigenvalue weighted by Crippen LogP contribution is 2.31. The van der Waals surface area contributed by atoms with Crippen molar-refractivity contribution in [2.75, 3.05) is 6.61 Å². The summed E-state index contributed by atoms with van der Waals surface area (Å²) in [6, 6.07) is 30.4. The largest absolute Gasteiger partial charge is 0.463 e. The molecular formula is C37H31N3O3S. The number of thiazole rings is 1. The lowest BCUT2D eigenvalue weighted by atomic mass is 9.95. The molecule has 0 unspecified atom stereocenters. The maximum atomic E-state index is 14.2. The summed E-state index contributed by atoms with van der Waals surface area (Å²) in [6.45, 7) is 6.54. The fraction of sp³-hybridized carbons (Fsp3) is 0.162. The van der Waals surface area contributed by atoms with E-state index in [1.807, 2.05) is 56.3 Å². The van der Waals surface area contributed by atoms with Crippen LogP contribution in [-0.2, 0) is 16.1 Å². The van der Waals surface area contributed by atoms with E-state index in [4.69, 9.17) is 9.73 Å². The second kappa shape index (κ2) is 11.2. The number of hydrogen-bond donors (Lipinski definition) is 0. The first kappa shape index (κ1) is 27.8. The van der Waals surface area contributed by atoms with Crippen molar-refractivity contribution in [3.8, 4) is 0 Å². The summed E-state index contributed by atoms with van der Waals surface area (Å²) in [5, 5.41) is 3.51. The number of para-hydroxylation sites is 1. The highest BCUT2D eigenvalue weighted by Gasteiger charge is 2.33. The Labute approximate surface area is 258 Å². The lowest BCUT2D eigenvalue weighted by Crippen LogP contribution is -2.39. The molecule has 0 saturated carbocycles. The summed E-state index contributed by atoms with van der Waals surface area (Å²) in [5.41, 5.74) is 5.99. The van der Waals surface area contributed by atoms with Crippen molar-refractivity contribution in [3.05, 3.63) is 150 Å². The number of nitrogens with zero attached hydrogens (tertiary/aromatic N) is 3. The van der Waals surface area contributed by atoms with E-state index < -0.39 is 12.0 Å². The van der Waals surface area contributed by atoms with Gasteiger partial charge >= 0.3 is 5.97 Å². The van der Waals surface area contributed by atoms with E-state index in [2.05, 4.69) is 65.4 Å². The average molecular weight is 598 g/mol. The zero-order chi connectivity index (χ0) is 30.4. The van der Waals surface area contributed by atoms with Crippen LogP contribution in [0.15, 0.2) is 118 Å². The predicted octanol–water partition coefficient (Wildman–Crippen LogP) is 6.26. The van der Waals surface area contributed by atoms with Gasteiger partial charge in [0.1, 0.15) is 0 Å². The molecule has 1 aliphatic heterocycles. The SMILES string of the molecule is CCOC(=O)C1=C(C)N=c2s/c(=C\c3cn(Cc4cccc5ccccc45)c4ccccc34)c(=O)n2[C@H]1c1ccc(C)cc1. The normalized spacial score (nSPS) is 15.1. The number of aromatic nitrogens is 2. The van der Waals surface area contributed by atoms with Gasteiger partial charge in [-0.2, -0.15) is 0 Å². The zero-order valence-corrected chi connectivity index (χ0v) is 25.6. The summed E-state index contributed by atoms with van der Waals surface area (Å²) in [5.74, 6) is -0.454. The van der Waals surface area contributed by atoms with Gasteiger partial charge in [-0.1, -0.05) is 102 Å². The molecule has 0 N–H and O–H groups in total. The smallest absolute Gasteiger partial charge is 0.338 e. The molecule has 1 aliphatic rings. The molecule has 0 fully saturated rings. The van der Waals surface area contributed by atoms with Crippen molar-refractivity contribution in [1.82, 2.24) is 9.13 Å². The molecule has 0 saturated heterocycles. The highest BCUT2D eigenvalue weighted by molar-refractivity contribution is 7.07. The van der Waals surface area contributed by atoms with E-state index in [1.165, 1.54) is 27.7 Å². The Bertz CT molecular complexity index is 2280. The number of fused-ring (bicyclic) bond motifs is 3. The van der Waals surface area contributed by atoms with E-state index in [0.29, 0.717) is 27.1 Å². The summed E-state index contributed by atoms with van der Waals surface area (Å²) < 4.78 is 9.89. The second-order valence-electron chi connectivity index (χ2n) is 11.1. The Balaban J connectivity index is 1.38. The molecule has 0 aliphatic carbocycles. The molecule has 44 heavy (non-hydrogen) atoms. The minimum atomic E-state index is -0.624. The van der Waals surface area contributed by atoms with Crippen molar-refractivity contribution in [2.45, 2.75) is 33.4 Å². The minimum absolute atomic E-state index is 0.181. The van der Waals surface area contributed by atoms with Gasteiger partial charge in [0.15, 0.2) is 4.80 Å². The molecule has 0 spiro atoms. The van der Waals surface area contributed by atoms with Gasteiger partial charge in [0.25, 0.3) is 5.56 Å². The van der Waals surface area contributed by atoms with Crippen LogP contribution in [0.2, 0.25) is 0 Å². The van der Waals surface area contributed by atoms with Crippen LogP contribution in [0.25, 0.3) is 27.8 Å². The summed E-state index contributed by atoms with van der Waals surface area (Å²) in [6.07, 6.45) is 4.08. The third-order valence-corrected chi connectivity index (χ3v) is 9.22. The number of esters is 1. The lowest BCUT2D eigenvalue weighted by molar-refractivity contribution is -0.139. The molecule has 0 radical (unpaired) electrons. The molecule has 218 valence electrons. The molecule has 6 nitrogen and oxygen atoms in total. The number of hydrogen-bond acceptors (Lipinski definition) is 5. The number of carbonyl (C=O) groups is 1. The van der Waals surface area contributed by atoms with Crippen LogP contribution in [0.5, 0.6) is 0 Å². The van der Waals surface area contributed by atoms with Crippen molar-refractivity contribution in [1.29, 1.82) is 0 Å². The maximum absolute atomic E-state index is 14.2. The number of benzene rings is 4. The quantitative estimate of drug-likeness (QED) is 0.213. The average Bonchev–Trinajstić information content (AvgIpc) is 3.53. The third-order valence-electron chi connectivity index (χ3n) is 8.24. The van der Waals surface area contributed by atoms with E-state index in [1.54, 1.807) is 11.5 Å². The fourth-order valence-electron chi connectivity index (χ4n) is 6.13. The standard InChI is InChI=1S/C37H31N3O3S/c1-4-43-36(42)33-24(3)38-37-40(34(33)26-18-16-23(2)17-19-26)35(41)32(44-37)20-28-22-39(31-15-8-7-14-30(28)31)21-27-12-9-11-25-10-5-6-13-29(25)27/h5-20,22,34H,4,21H2,1-3H3/b32-20-/t34-/m0/s1. The van der Waals surface area contributed by atoms with Gasteiger partial charge in [0, 0.05) is 29.2 Å². The first-order valence-corrected chi connectivity index (χ1v) is 15.6. The maximum Gasteiger partial charge on any atom is 0.338 e. The Kier molecular flexibility index (Phi) is 7.10. The van der Waals surface area contributed by atoms with Gasteiger partial charge in [-0.15, -0.1) is 0 Å². The van der Waals surface area contributed by atoms with Gasteiger partial charge in [-0.25, -0.2) is 9.79 Å². The minimum Gasteiger partial charge on any atom is -0.463 e. The third kappa shape index (κ3) is 4.79. The van der Waals surface area contributed by atoms with Gasteiger partial charge in [0.2, 0.25) is 0 Å². The van der Waals surface area contributed by atoms with Crippen molar-refractivity contribution >= 4 is 45.1 Å². The monoisotopic (exact) mass is 597 g/mol. The van der Waals surface area contributed by atoms with Gasteiger partial charge in [-0.05, 0) is 54.8 Å². The zero-order valence-electron chi connectivity index (χ0n) is 24.8. The van der Waals surface area contributed by atoms with Crippen molar-refractivity contribution < 1.29 is 9.53 Å². The molecule has 2 aromatic heterocycles. The number of aryl methyl sites for hydroxylation is 1. The fourth-order valence-corrected chi connectivity index (χ4v) is 7.17.